The maximum atomic E-state index is 6.03. The summed E-state index contributed by atoms with van der Waals surface area (Å²) in [5.74, 6) is 0. The van der Waals surface area contributed by atoms with Gasteiger partial charge >= 0.3 is 0 Å². The summed E-state index contributed by atoms with van der Waals surface area (Å²) in [6.45, 7) is 1.85. The molecule has 1 aromatic rings. The Bertz CT molecular complexity index is 373. The van der Waals surface area contributed by atoms with E-state index in [1.54, 1.807) is 0 Å². The number of hydrogen-bond acceptors (Lipinski definition) is 2. The third kappa shape index (κ3) is 2.88. The van der Waals surface area contributed by atoms with E-state index in [2.05, 4.69) is 29.6 Å². The van der Waals surface area contributed by atoms with Gasteiger partial charge in [0.15, 0.2) is 0 Å². The zero-order chi connectivity index (χ0) is 11.5. The van der Waals surface area contributed by atoms with Gasteiger partial charge < -0.3 is 10.1 Å². The third-order valence-corrected chi connectivity index (χ3v) is 3.75. The Morgan fingerprint density at radius 3 is 2.94 bits per heavy atom. The minimum Gasteiger partial charge on any atom is -0.372 e. The normalized spacial score (nSPS) is 23.4. The van der Waals surface area contributed by atoms with Crippen LogP contribution in [-0.2, 0) is 11.2 Å². The number of nitrogens with one attached hydrogen (secondary N) is 1. The van der Waals surface area contributed by atoms with Crippen LogP contribution in [0.5, 0.6) is 0 Å². The average molecular weight is 231 g/mol. The maximum absolute atomic E-state index is 6.03. The fraction of sp³-hybridized carbons (Fsp3) is 0.600. The van der Waals surface area contributed by atoms with E-state index in [-0.39, 0.29) is 0 Å². The van der Waals surface area contributed by atoms with E-state index in [1.165, 1.54) is 43.2 Å². The molecule has 2 aliphatic rings. The smallest absolute Gasteiger partial charge is 0.0828 e. The summed E-state index contributed by atoms with van der Waals surface area (Å²) >= 11 is 0. The third-order valence-electron chi connectivity index (χ3n) is 3.75. The van der Waals surface area contributed by atoms with Gasteiger partial charge in [-0.25, -0.2) is 0 Å². The molecule has 0 aliphatic heterocycles. The van der Waals surface area contributed by atoms with Gasteiger partial charge in [0, 0.05) is 12.6 Å². The van der Waals surface area contributed by atoms with Gasteiger partial charge in [0.05, 0.1) is 12.7 Å². The lowest BCUT2D eigenvalue weighted by molar-refractivity contribution is 0.0425. The molecule has 0 radical (unpaired) electrons. The van der Waals surface area contributed by atoms with Crippen LogP contribution in [0.4, 0.5) is 0 Å². The summed E-state index contributed by atoms with van der Waals surface area (Å²) in [7, 11) is 0. The zero-order valence-electron chi connectivity index (χ0n) is 10.3. The molecular formula is C15H21NO. The first-order valence-electron chi connectivity index (χ1n) is 6.86. The largest absolute Gasteiger partial charge is 0.372 e. The van der Waals surface area contributed by atoms with Crippen molar-refractivity contribution in [2.24, 2.45) is 0 Å². The van der Waals surface area contributed by atoms with Crippen molar-refractivity contribution in [2.45, 2.75) is 44.2 Å². The topological polar surface area (TPSA) is 21.3 Å². The van der Waals surface area contributed by atoms with Crippen LogP contribution in [0.15, 0.2) is 24.3 Å². The van der Waals surface area contributed by atoms with Gasteiger partial charge in [-0.1, -0.05) is 24.3 Å². The van der Waals surface area contributed by atoms with Crippen molar-refractivity contribution in [2.75, 3.05) is 13.2 Å². The molecule has 1 saturated carbocycles. The van der Waals surface area contributed by atoms with Gasteiger partial charge in [0.2, 0.25) is 0 Å². The zero-order valence-corrected chi connectivity index (χ0v) is 10.3. The van der Waals surface area contributed by atoms with Crippen LogP contribution >= 0.6 is 0 Å². The summed E-state index contributed by atoms with van der Waals surface area (Å²) in [6.07, 6.45) is 6.70. The highest BCUT2D eigenvalue weighted by atomic mass is 16.5. The highest BCUT2D eigenvalue weighted by Gasteiger charge is 2.22. The Kier molecular flexibility index (Phi) is 3.44. The Morgan fingerprint density at radius 2 is 2.06 bits per heavy atom. The Balaban J connectivity index is 1.52. The highest BCUT2D eigenvalue weighted by molar-refractivity contribution is 5.31. The maximum Gasteiger partial charge on any atom is 0.0828 e. The predicted molar refractivity (Wildman–Crippen MR) is 69.1 cm³/mol. The van der Waals surface area contributed by atoms with Crippen LogP contribution in [0.3, 0.4) is 0 Å². The van der Waals surface area contributed by atoms with E-state index in [0.717, 1.165) is 19.2 Å². The van der Waals surface area contributed by atoms with E-state index >= 15 is 0 Å². The summed E-state index contributed by atoms with van der Waals surface area (Å²) < 4.78 is 6.03. The van der Waals surface area contributed by atoms with E-state index in [1.807, 2.05) is 0 Å². The Morgan fingerprint density at radius 1 is 1.18 bits per heavy atom. The molecule has 0 heterocycles. The molecule has 92 valence electrons. The summed E-state index contributed by atoms with van der Waals surface area (Å²) in [5, 5.41) is 3.50. The van der Waals surface area contributed by atoms with Crippen molar-refractivity contribution in [3.05, 3.63) is 35.4 Å². The van der Waals surface area contributed by atoms with Gasteiger partial charge in [-0.2, -0.15) is 0 Å². The molecule has 2 heteroatoms. The van der Waals surface area contributed by atoms with Crippen molar-refractivity contribution < 1.29 is 4.74 Å². The van der Waals surface area contributed by atoms with Gasteiger partial charge in [0.25, 0.3) is 0 Å². The second-order valence-electron chi connectivity index (χ2n) is 5.18. The molecule has 2 nitrogen and oxygen atoms in total. The van der Waals surface area contributed by atoms with Crippen molar-refractivity contribution in [1.29, 1.82) is 0 Å². The molecule has 17 heavy (non-hydrogen) atoms. The number of ether oxygens (including phenoxy) is 1. The number of aryl methyl sites for hydroxylation is 1. The molecule has 1 fully saturated rings. The molecule has 0 amide bonds. The molecule has 0 aromatic heterocycles. The summed E-state index contributed by atoms with van der Waals surface area (Å²) in [4.78, 5) is 0. The van der Waals surface area contributed by atoms with Gasteiger partial charge in [-0.3, -0.25) is 0 Å². The van der Waals surface area contributed by atoms with E-state index in [0.29, 0.717) is 6.10 Å². The molecule has 0 bridgehead atoms. The second-order valence-corrected chi connectivity index (χ2v) is 5.18. The monoisotopic (exact) mass is 231 g/mol. The molecule has 1 N–H and O–H groups in total. The second kappa shape index (κ2) is 5.19. The molecule has 1 aromatic carbocycles. The van der Waals surface area contributed by atoms with E-state index in [4.69, 9.17) is 4.74 Å². The number of fused-ring (bicyclic) bond motifs is 1. The quantitative estimate of drug-likeness (QED) is 0.787. The van der Waals surface area contributed by atoms with Crippen molar-refractivity contribution in [3.63, 3.8) is 0 Å². The van der Waals surface area contributed by atoms with E-state index in [9.17, 15) is 0 Å². The lowest BCUT2D eigenvalue weighted by Crippen LogP contribution is -2.23. The minimum absolute atomic E-state index is 0.334. The van der Waals surface area contributed by atoms with Crippen LogP contribution in [0.25, 0.3) is 0 Å². The van der Waals surface area contributed by atoms with Gasteiger partial charge in [-0.05, 0) is 43.2 Å². The lowest BCUT2D eigenvalue weighted by Gasteiger charge is -2.25. The lowest BCUT2D eigenvalue weighted by atomic mass is 9.89. The van der Waals surface area contributed by atoms with Crippen molar-refractivity contribution in [3.8, 4) is 0 Å². The van der Waals surface area contributed by atoms with Crippen LogP contribution < -0.4 is 5.32 Å². The average Bonchev–Trinajstić information content (AvgIpc) is 3.19. The molecule has 2 aliphatic carbocycles. The first kappa shape index (κ1) is 11.2. The summed E-state index contributed by atoms with van der Waals surface area (Å²) in [6, 6.07) is 9.52. The Hall–Kier alpha value is -0.860. The van der Waals surface area contributed by atoms with Gasteiger partial charge in [-0.15, -0.1) is 0 Å². The molecular weight excluding hydrogens is 210 g/mol. The molecule has 1 atom stereocenters. The highest BCUT2D eigenvalue weighted by Crippen LogP contribution is 2.32. The number of rotatable bonds is 5. The fourth-order valence-electron chi connectivity index (χ4n) is 2.63. The van der Waals surface area contributed by atoms with Crippen molar-refractivity contribution >= 4 is 0 Å². The molecule has 3 rings (SSSR count). The molecule has 1 unspecified atom stereocenters. The fourth-order valence-corrected chi connectivity index (χ4v) is 2.63. The Labute approximate surface area is 103 Å². The van der Waals surface area contributed by atoms with Crippen molar-refractivity contribution in [1.82, 2.24) is 5.32 Å². The summed E-state index contributed by atoms with van der Waals surface area (Å²) in [5.41, 5.74) is 2.91. The van der Waals surface area contributed by atoms with Gasteiger partial charge in [0.1, 0.15) is 0 Å². The van der Waals surface area contributed by atoms with Crippen LogP contribution in [0.2, 0.25) is 0 Å². The number of benzene rings is 1. The number of hydrogen-bond donors (Lipinski definition) is 1. The standard InChI is InChI=1S/C15H21NO/c1-2-6-14-12(4-1)5-3-7-15(14)17-11-10-16-13-8-9-13/h1-2,4,6,13,15-16H,3,5,7-11H2. The predicted octanol–water partition coefficient (Wildman–Crippen LogP) is 2.83. The van der Waals surface area contributed by atoms with E-state index < -0.39 is 0 Å². The van der Waals surface area contributed by atoms with Crippen LogP contribution in [0, 0.1) is 0 Å². The SMILES string of the molecule is c1ccc2c(c1)CCCC2OCCNC1CC1. The molecule has 0 spiro atoms. The molecule has 0 saturated heterocycles. The minimum atomic E-state index is 0.334. The first-order valence-corrected chi connectivity index (χ1v) is 6.86. The van der Waals surface area contributed by atoms with Crippen LogP contribution in [-0.4, -0.2) is 19.2 Å². The van der Waals surface area contributed by atoms with Crippen LogP contribution in [0.1, 0.15) is 42.9 Å². The first-order chi connectivity index (χ1) is 8.43.